The molecule has 6 rings (SSSR count). The van der Waals surface area contributed by atoms with Crippen LogP contribution in [0.5, 0.6) is 0 Å². The molecule has 3 heterocycles. The number of anilines is 1. The predicted molar refractivity (Wildman–Crippen MR) is 122 cm³/mol. The van der Waals surface area contributed by atoms with Crippen LogP contribution >= 0.6 is 0 Å². The van der Waals surface area contributed by atoms with Crippen LogP contribution in [0, 0.1) is 5.82 Å². The second-order valence-corrected chi connectivity index (χ2v) is 8.16. The molecule has 0 radical (unpaired) electrons. The highest BCUT2D eigenvalue weighted by atomic mass is 19.1. The van der Waals surface area contributed by atoms with E-state index >= 15 is 0 Å². The quantitative estimate of drug-likeness (QED) is 0.594. The Balaban J connectivity index is 1.19. The van der Waals surface area contributed by atoms with E-state index in [4.69, 9.17) is 0 Å². The molecule has 156 valence electrons. The van der Waals surface area contributed by atoms with E-state index in [1.54, 1.807) is 12.1 Å². The molecule has 3 aliphatic heterocycles. The number of amides is 2. The van der Waals surface area contributed by atoms with Gasteiger partial charge in [-0.2, -0.15) is 0 Å². The van der Waals surface area contributed by atoms with Gasteiger partial charge in [-0.1, -0.05) is 66.7 Å². The molecule has 2 amide bonds. The minimum Gasteiger partial charge on any atom is -0.321 e. The van der Waals surface area contributed by atoms with Crippen LogP contribution in [-0.2, 0) is 0 Å². The molecule has 3 aromatic rings. The number of piperidine rings is 1. The van der Waals surface area contributed by atoms with E-state index in [1.165, 1.54) is 28.8 Å². The lowest BCUT2D eigenvalue weighted by Gasteiger charge is -2.54. The SMILES string of the molecule is O=C(Nc1ccc(F)cc1)N1C[C@@H]2N[C@H](C1)C2c1ccc(/C=C/c2ccccc2)cc1. The van der Waals surface area contributed by atoms with Crippen LogP contribution in [0.4, 0.5) is 14.9 Å². The highest BCUT2D eigenvalue weighted by molar-refractivity contribution is 5.89. The topological polar surface area (TPSA) is 44.4 Å². The van der Waals surface area contributed by atoms with Crippen molar-refractivity contribution in [2.24, 2.45) is 0 Å². The average molecular weight is 413 g/mol. The van der Waals surface area contributed by atoms with Crippen molar-refractivity contribution in [1.82, 2.24) is 10.2 Å². The van der Waals surface area contributed by atoms with Gasteiger partial charge in [0, 0.05) is 36.8 Å². The third-order valence-corrected chi connectivity index (χ3v) is 6.10. The molecule has 5 heteroatoms. The van der Waals surface area contributed by atoms with Gasteiger partial charge in [-0.15, -0.1) is 0 Å². The van der Waals surface area contributed by atoms with Gasteiger partial charge in [-0.05, 0) is 41.0 Å². The van der Waals surface area contributed by atoms with Crippen molar-refractivity contribution in [2.45, 2.75) is 18.0 Å². The Kier molecular flexibility index (Phi) is 5.26. The molecule has 31 heavy (non-hydrogen) atoms. The first-order valence-electron chi connectivity index (χ1n) is 10.6. The summed E-state index contributed by atoms with van der Waals surface area (Å²) < 4.78 is 13.1. The van der Waals surface area contributed by atoms with E-state index in [1.807, 2.05) is 23.1 Å². The normalized spacial score (nSPS) is 22.2. The number of hydrogen-bond donors (Lipinski definition) is 2. The van der Waals surface area contributed by atoms with E-state index in [9.17, 15) is 9.18 Å². The van der Waals surface area contributed by atoms with Gasteiger partial charge in [0.05, 0.1) is 0 Å². The second-order valence-electron chi connectivity index (χ2n) is 8.16. The number of benzene rings is 3. The summed E-state index contributed by atoms with van der Waals surface area (Å²) in [6.07, 6.45) is 4.24. The van der Waals surface area contributed by atoms with Crippen LogP contribution in [0.1, 0.15) is 22.6 Å². The number of carbonyl (C=O) groups is 1. The lowest BCUT2D eigenvalue weighted by atomic mass is 9.74. The van der Waals surface area contributed by atoms with Gasteiger partial charge in [0.25, 0.3) is 0 Å². The van der Waals surface area contributed by atoms with E-state index in [2.05, 4.69) is 59.2 Å². The van der Waals surface area contributed by atoms with Crippen LogP contribution in [0.3, 0.4) is 0 Å². The molecule has 4 nitrogen and oxygen atoms in total. The Morgan fingerprint density at radius 1 is 0.871 bits per heavy atom. The first-order valence-corrected chi connectivity index (χ1v) is 10.6. The number of halogens is 1. The molecular formula is C26H24FN3O. The largest absolute Gasteiger partial charge is 0.321 e. The van der Waals surface area contributed by atoms with E-state index in [-0.39, 0.29) is 23.9 Å². The maximum Gasteiger partial charge on any atom is 0.321 e. The summed E-state index contributed by atoms with van der Waals surface area (Å²) in [7, 11) is 0. The van der Waals surface area contributed by atoms with Crippen LogP contribution in [0.25, 0.3) is 12.2 Å². The lowest BCUT2D eigenvalue weighted by Crippen LogP contribution is -2.72. The van der Waals surface area contributed by atoms with Gasteiger partial charge >= 0.3 is 6.03 Å². The molecule has 3 atom stereocenters. The number of nitrogens with one attached hydrogen (secondary N) is 2. The Morgan fingerprint density at radius 3 is 2.13 bits per heavy atom. The van der Waals surface area contributed by atoms with E-state index < -0.39 is 0 Å². The van der Waals surface area contributed by atoms with E-state index in [0.29, 0.717) is 24.7 Å². The lowest BCUT2D eigenvalue weighted by molar-refractivity contribution is 0.0759. The summed E-state index contributed by atoms with van der Waals surface area (Å²) in [4.78, 5) is 14.4. The van der Waals surface area contributed by atoms with Crippen LogP contribution < -0.4 is 10.6 Å². The molecule has 0 saturated carbocycles. The molecule has 0 aromatic heterocycles. The summed E-state index contributed by atoms with van der Waals surface area (Å²) >= 11 is 0. The number of rotatable bonds is 4. The molecule has 2 N–H and O–H groups in total. The number of fused-ring (bicyclic) bond motifs is 2. The fourth-order valence-electron chi connectivity index (χ4n) is 4.48. The van der Waals surface area contributed by atoms with Crippen molar-refractivity contribution in [2.75, 3.05) is 18.4 Å². The van der Waals surface area contributed by atoms with Gasteiger partial charge in [0.2, 0.25) is 0 Å². The summed E-state index contributed by atoms with van der Waals surface area (Å²) in [6, 6.07) is 25.2. The fraction of sp³-hybridized carbons (Fsp3) is 0.192. The molecule has 2 bridgehead atoms. The minimum absolute atomic E-state index is 0.136. The number of piperazine rings is 1. The Morgan fingerprint density at radius 2 is 1.48 bits per heavy atom. The smallest absolute Gasteiger partial charge is 0.321 e. The van der Waals surface area contributed by atoms with Crippen molar-refractivity contribution >= 4 is 23.9 Å². The highest BCUT2D eigenvalue weighted by Gasteiger charge is 2.48. The predicted octanol–water partition coefficient (Wildman–Crippen LogP) is 4.97. The maximum absolute atomic E-state index is 13.1. The fourth-order valence-corrected chi connectivity index (χ4v) is 4.48. The Labute approximate surface area is 181 Å². The number of nitrogens with zero attached hydrogens (tertiary/aromatic N) is 1. The number of hydrogen-bond acceptors (Lipinski definition) is 2. The molecule has 3 aliphatic rings. The highest BCUT2D eigenvalue weighted by Crippen LogP contribution is 2.37. The zero-order chi connectivity index (χ0) is 21.2. The molecule has 3 saturated heterocycles. The van der Waals surface area contributed by atoms with E-state index in [0.717, 1.165) is 0 Å². The van der Waals surface area contributed by atoms with Gasteiger partial charge in [-0.3, -0.25) is 0 Å². The van der Waals surface area contributed by atoms with Gasteiger partial charge in [0.15, 0.2) is 0 Å². The summed E-state index contributed by atoms with van der Waals surface area (Å²) in [6.45, 7) is 1.31. The minimum atomic E-state index is -0.314. The summed E-state index contributed by atoms with van der Waals surface area (Å²) in [5.41, 5.74) is 4.27. The van der Waals surface area contributed by atoms with Gasteiger partial charge in [0.1, 0.15) is 5.82 Å². The van der Waals surface area contributed by atoms with Crippen molar-refractivity contribution < 1.29 is 9.18 Å². The monoisotopic (exact) mass is 413 g/mol. The summed E-state index contributed by atoms with van der Waals surface area (Å²) in [5.74, 6) is 0.104. The van der Waals surface area contributed by atoms with Crippen LogP contribution in [0.2, 0.25) is 0 Å². The number of urea groups is 1. The van der Waals surface area contributed by atoms with Gasteiger partial charge in [-0.25, -0.2) is 9.18 Å². The first kappa shape index (κ1) is 19.5. The molecule has 0 spiro atoms. The second kappa shape index (κ2) is 8.36. The molecular weight excluding hydrogens is 389 g/mol. The number of carbonyl (C=O) groups excluding carboxylic acids is 1. The standard InChI is InChI=1S/C26H24FN3O/c27-21-12-14-22(15-13-21)28-26(31)30-16-23-25(24(17-30)29-23)20-10-8-19(9-11-20)7-6-18-4-2-1-3-5-18/h1-15,23-25,29H,16-17H2,(H,28,31)/b7-6+/t23-,24+,25?. The molecule has 3 fully saturated rings. The van der Waals surface area contributed by atoms with Crippen LogP contribution in [0.15, 0.2) is 78.9 Å². The average Bonchev–Trinajstić information content (AvgIpc) is 2.81. The first-order chi connectivity index (χ1) is 15.2. The van der Waals surface area contributed by atoms with Crippen molar-refractivity contribution in [1.29, 1.82) is 0 Å². The van der Waals surface area contributed by atoms with Crippen molar-refractivity contribution in [3.63, 3.8) is 0 Å². The zero-order valence-corrected chi connectivity index (χ0v) is 17.0. The summed E-state index contributed by atoms with van der Waals surface area (Å²) in [5, 5.41) is 6.41. The third-order valence-electron chi connectivity index (χ3n) is 6.10. The Hall–Kier alpha value is -3.44. The maximum atomic E-state index is 13.1. The van der Waals surface area contributed by atoms with Crippen LogP contribution in [-0.4, -0.2) is 36.1 Å². The third kappa shape index (κ3) is 4.23. The molecule has 3 aromatic carbocycles. The Bertz CT molecular complexity index is 1070. The molecule has 0 aliphatic carbocycles. The molecule has 1 unspecified atom stereocenters. The van der Waals surface area contributed by atoms with Crippen molar-refractivity contribution in [3.8, 4) is 0 Å². The van der Waals surface area contributed by atoms with Gasteiger partial charge < -0.3 is 15.5 Å². The van der Waals surface area contributed by atoms with Crippen molar-refractivity contribution in [3.05, 3.63) is 101 Å². The zero-order valence-electron chi connectivity index (χ0n) is 17.0.